The zero-order valence-corrected chi connectivity index (χ0v) is 19.2. The van der Waals surface area contributed by atoms with Gasteiger partial charge in [-0.15, -0.1) is 0 Å². The number of hydrogen-bond donors (Lipinski definition) is 1. The number of aromatic nitrogens is 2. The SMILES string of the molecule is C/C(=C\C=C(/C)C(F)(F)F)n1cc2cccc(COc3ccc(OC(C)(C)C(=O)O)cc3)c2n1. The maximum atomic E-state index is 12.7. The van der Waals surface area contributed by atoms with E-state index in [0.717, 1.165) is 23.9 Å². The Morgan fingerprint density at radius 1 is 1.06 bits per heavy atom. The molecule has 0 spiro atoms. The molecule has 0 aliphatic heterocycles. The van der Waals surface area contributed by atoms with Gasteiger partial charge in [0.15, 0.2) is 5.60 Å². The molecule has 3 aromatic rings. The average Bonchev–Trinajstić information content (AvgIpc) is 3.21. The van der Waals surface area contributed by atoms with E-state index in [1.165, 1.54) is 24.6 Å². The maximum absolute atomic E-state index is 12.7. The van der Waals surface area contributed by atoms with Gasteiger partial charge in [-0.25, -0.2) is 9.48 Å². The average molecular weight is 474 g/mol. The molecule has 3 rings (SSSR count). The molecule has 0 aliphatic carbocycles. The lowest BCUT2D eigenvalue weighted by atomic mass is 10.1. The third kappa shape index (κ3) is 5.98. The van der Waals surface area contributed by atoms with E-state index >= 15 is 0 Å². The summed E-state index contributed by atoms with van der Waals surface area (Å²) in [6, 6.07) is 12.2. The number of fused-ring (bicyclic) bond motifs is 1. The summed E-state index contributed by atoms with van der Waals surface area (Å²) < 4.78 is 51.0. The Labute approximate surface area is 194 Å². The van der Waals surface area contributed by atoms with Crippen LogP contribution < -0.4 is 9.47 Å². The Bertz CT molecular complexity index is 1240. The van der Waals surface area contributed by atoms with Gasteiger partial charge in [0.2, 0.25) is 0 Å². The second-order valence-electron chi connectivity index (χ2n) is 8.26. The molecule has 1 aromatic heterocycles. The maximum Gasteiger partial charge on any atom is 0.412 e. The van der Waals surface area contributed by atoms with Crippen molar-refractivity contribution >= 4 is 22.6 Å². The largest absolute Gasteiger partial charge is 0.489 e. The molecule has 6 nitrogen and oxygen atoms in total. The van der Waals surface area contributed by atoms with Crippen molar-refractivity contribution < 1.29 is 32.5 Å². The zero-order chi connectivity index (χ0) is 25.1. The van der Waals surface area contributed by atoms with Crippen molar-refractivity contribution in [3.8, 4) is 11.5 Å². The van der Waals surface area contributed by atoms with Gasteiger partial charge in [-0.2, -0.15) is 18.3 Å². The number of allylic oxidation sites excluding steroid dienone is 4. The Morgan fingerprint density at radius 3 is 2.32 bits per heavy atom. The highest BCUT2D eigenvalue weighted by atomic mass is 19.4. The molecule has 0 saturated carbocycles. The standard InChI is InChI=1S/C25H25F3N2O4/c1-16(25(26,27)28)8-9-17(2)30-14-18-6-5-7-19(22(18)29-30)15-33-20-10-12-21(13-11-20)34-24(3,4)23(31)32/h5-14H,15H2,1-4H3,(H,31,32)/b16-8+,17-9+. The molecule has 0 saturated heterocycles. The minimum atomic E-state index is -4.37. The van der Waals surface area contributed by atoms with Crippen LogP contribution in [0.15, 0.2) is 66.4 Å². The predicted octanol–water partition coefficient (Wildman–Crippen LogP) is 6.23. The van der Waals surface area contributed by atoms with Crippen molar-refractivity contribution in [1.29, 1.82) is 0 Å². The molecule has 0 aliphatic rings. The molecule has 0 atom stereocenters. The fourth-order valence-electron chi connectivity index (χ4n) is 2.92. The van der Waals surface area contributed by atoms with Crippen LogP contribution in [0.1, 0.15) is 33.3 Å². The number of alkyl halides is 3. The first-order chi connectivity index (χ1) is 15.9. The fraction of sp³-hybridized carbons (Fsp3) is 0.280. The predicted molar refractivity (Wildman–Crippen MR) is 123 cm³/mol. The van der Waals surface area contributed by atoms with Gasteiger partial charge in [0.05, 0.1) is 5.52 Å². The third-order valence-corrected chi connectivity index (χ3v) is 5.11. The van der Waals surface area contributed by atoms with E-state index in [-0.39, 0.29) is 6.61 Å². The molecular formula is C25H25F3N2O4. The molecule has 0 amide bonds. The summed E-state index contributed by atoms with van der Waals surface area (Å²) in [7, 11) is 0. The first kappa shape index (κ1) is 24.9. The lowest BCUT2D eigenvalue weighted by Crippen LogP contribution is -2.37. The Balaban J connectivity index is 1.74. The smallest absolute Gasteiger partial charge is 0.412 e. The monoisotopic (exact) mass is 474 g/mol. The number of ether oxygens (including phenoxy) is 2. The van der Waals surface area contributed by atoms with Gasteiger partial charge in [0.25, 0.3) is 0 Å². The van der Waals surface area contributed by atoms with Gasteiger partial charge in [-0.3, -0.25) is 0 Å². The number of benzene rings is 2. The normalized spacial score (nSPS) is 13.3. The van der Waals surface area contributed by atoms with Gasteiger partial charge in [-0.1, -0.05) is 24.3 Å². The summed E-state index contributed by atoms with van der Waals surface area (Å²) in [4.78, 5) is 11.2. The van der Waals surface area contributed by atoms with Crippen molar-refractivity contribution in [3.63, 3.8) is 0 Å². The van der Waals surface area contributed by atoms with Crippen LogP contribution in [0.4, 0.5) is 13.2 Å². The van der Waals surface area contributed by atoms with Crippen molar-refractivity contribution in [2.24, 2.45) is 0 Å². The van der Waals surface area contributed by atoms with Crippen LogP contribution >= 0.6 is 0 Å². The van der Waals surface area contributed by atoms with Crippen LogP contribution in [0, 0.1) is 0 Å². The number of nitrogens with zero attached hydrogens (tertiary/aromatic N) is 2. The second kappa shape index (κ2) is 9.62. The number of carbonyl (C=O) groups is 1. The minimum Gasteiger partial charge on any atom is -0.489 e. The summed E-state index contributed by atoms with van der Waals surface area (Å²) in [5.41, 5.74) is -0.0366. The zero-order valence-electron chi connectivity index (χ0n) is 19.2. The molecule has 180 valence electrons. The first-order valence-electron chi connectivity index (χ1n) is 10.4. The molecule has 0 radical (unpaired) electrons. The summed E-state index contributed by atoms with van der Waals surface area (Å²) >= 11 is 0. The van der Waals surface area contributed by atoms with E-state index in [4.69, 9.17) is 14.6 Å². The highest BCUT2D eigenvalue weighted by Crippen LogP contribution is 2.26. The highest BCUT2D eigenvalue weighted by molar-refractivity contribution is 5.82. The molecule has 0 fully saturated rings. The third-order valence-electron chi connectivity index (χ3n) is 5.11. The van der Waals surface area contributed by atoms with Gasteiger partial charge in [-0.05, 0) is 58.0 Å². The lowest BCUT2D eigenvalue weighted by molar-refractivity contribution is -0.152. The molecular weight excluding hydrogens is 449 g/mol. The first-order valence-corrected chi connectivity index (χ1v) is 10.4. The molecule has 2 aromatic carbocycles. The number of carboxylic acids is 1. The molecule has 0 bridgehead atoms. The van der Waals surface area contributed by atoms with Crippen LogP contribution in [-0.4, -0.2) is 32.6 Å². The van der Waals surface area contributed by atoms with Crippen molar-refractivity contribution in [2.45, 2.75) is 46.1 Å². The summed E-state index contributed by atoms with van der Waals surface area (Å²) in [6.07, 6.45) is -0.221. The number of aliphatic carboxylic acids is 1. The molecule has 0 unspecified atom stereocenters. The van der Waals surface area contributed by atoms with Crippen molar-refractivity contribution in [1.82, 2.24) is 9.78 Å². The van der Waals surface area contributed by atoms with Gasteiger partial charge in [0.1, 0.15) is 18.1 Å². The molecule has 1 N–H and O–H groups in total. The van der Waals surface area contributed by atoms with Gasteiger partial charge < -0.3 is 14.6 Å². The quantitative estimate of drug-likeness (QED) is 0.392. The Kier molecular flexibility index (Phi) is 7.04. The summed E-state index contributed by atoms with van der Waals surface area (Å²) in [6.45, 7) is 5.83. The fourth-order valence-corrected chi connectivity index (χ4v) is 2.92. The van der Waals surface area contributed by atoms with E-state index in [2.05, 4.69) is 5.10 Å². The number of carboxylic acid groups (broad SMARTS) is 1. The Morgan fingerprint density at radius 2 is 1.71 bits per heavy atom. The minimum absolute atomic E-state index is 0.213. The molecule has 1 heterocycles. The van der Waals surface area contributed by atoms with Crippen LogP contribution in [0.25, 0.3) is 16.6 Å². The van der Waals surface area contributed by atoms with Crippen LogP contribution in [-0.2, 0) is 11.4 Å². The lowest BCUT2D eigenvalue weighted by Gasteiger charge is -2.21. The van der Waals surface area contributed by atoms with E-state index in [9.17, 15) is 18.0 Å². The van der Waals surface area contributed by atoms with Crippen LogP contribution in [0.5, 0.6) is 11.5 Å². The van der Waals surface area contributed by atoms with E-state index in [1.54, 1.807) is 37.4 Å². The number of halogens is 3. The number of rotatable bonds is 8. The topological polar surface area (TPSA) is 73.6 Å². The van der Waals surface area contributed by atoms with Gasteiger partial charge in [0, 0.05) is 28.4 Å². The Hall–Kier alpha value is -3.75. The van der Waals surface area contributed by atoms with Crippen molar-refractivity contribution in [3.05, 3.63) is 72.0 Å². The van der Waals surface area contributed by atoms with Gasteiger partial charge >= 0.3 is 12.1 Å². The molecule has 34 heavy (non-hydrogen) atoms. The number of hydrogen-bond acceptors (Lipinski definition) is 4. The van der Waals surface area contributed by atoms with Crippen LogP contribution in [0.2, 0.25) is 0 Å². The van der Waals surface area contributed by atoms with Crippen LogP contribution in [0.3, 0.4) is 0 Å². The van der Waals surface area contributed by atoms with E-state index < -0.39 is 23.3 Å². The summed E-state index contributed by atoms with van der Waals surface area (Å²) in [5, 5.41) is 14.5. The molecule has 9 heteroatoms. The second-order valence-corrected chi connectivity index (χ2v) is 8.26. The van der Waals surface area contributed by atoms with Crippen molar-refractivity contribution in [2.75, 3.05) is 0 Å². The summed E-state index contributed by atoms with van der Waals surface area (Å²) in [5.74, 6) is -0.115. The van der Waals surface area contributed by atoms with E-state index in [1.807, 2.05) is 18.2 Å². The highest BCUT2D eigenvalue weighted by Gasteiger charge is 2.30. The van der Waals surface area contributed by atoms with E-state index in [0.29, 0.717) is 22.7 Å².